The van der Waals surface area contributed by atoms with Crippen molar-refractivity contribution in [2.45, 2.75) is 19.1 Å². The van der Waals surface area contributed by atoms with Crippen molar-refractivity contribution in [2.24, 2.45) is 0 Å². The number of nitrogens with zero attached hydrogens (tertiary/aromatic N) is 2. The van der Waals surface area contributed by atoms with Gasteiger partial charge in [0.1, 0.15) is 23.4 Å². The van der Waals surface area contributed by atoms with Crippen LogP contribution in [0.5, 0.6) is 11.5 Å². The number of aromatic nitrogens is 2. The Balaban J connectivity index is 1.61. The minimum Gasteiger partial charge on any atom is -0.497 e. The lowest BCUT2D eigenvalue weighted by Gasteiger charge is -2.13. The number of amides is 2. The first-order valence-corrected chi connectivity index (χ1v) is 10.0. The average molecular weight is 436 g/mol. The van der Waals surface area contributed by atoms with Crippen molar-refractivity contribution < 1.29 is 23.8 Å². The number of methoxy groups -OCH3 is 3. The monoisotopic (exact) mass is 436 g/mol. The van der Waals surface area contributed by atoms with Gasteiger partial charge in [0.05, 0.1) is 38.6 Å². The Morgan fingerprint density at radius 1 is 1.12 bits per heavy atom. The van der Waals surface area contributed by atoms with Crippen LogP contribution in [0.25, 0.3) is 11.1 Å². The molecule has 3 aromatic rings. The van der Waals surface area contributed by atoms with Gasteiger partial charge in [0.15, 0.2) is 0 Å². The van der Waals surface area contributed by atoms with Crippen molar-refractivity contribution in [3.63, 3.8) is 0 Å². The van der Waals surface area contributed by atoms with E-state index >= 15 is 0 Å². The molecule has 0 spiro atoms. The van der Waals surface area contributed by atoms with Crippen LogP contribution in [-0.2, 0) is 20.9 Å². The molecule has 0 fully saturated rings. The van der Waals surface area contributed by atoms with Gasteiger partial charge in [-0.3, -0.25) is 9.59 Å². The van der Waals surface area contributed by atoms with Crippen LogP contribution in [0, 0.1) is 0 Å². The molecule has 9 heteroatoms. The smallest absolute Gasteiger partial charge is 0.251 e. The maximum Gasteiger partial charge on any atom is 0.251 e. The molecular weight excluding hydrogens is 412 g/mol. The van der Waals surface area contributed by atoms with Crippen LogP contribution in [0.1, 0.15) is 18.2 Å². The SMILES string of the molecule is COCc1nn2c(c1-c1ccccc1)NC(=O)[C@H]2CC(=O)Nc1cc(OC)ccc1OC. The summed E-state index contributed by atoms with van der Waals surface area (Å²) in [7, 11) is 4.64. The molecule has 32 heavy (non-hydrogen) atoms. The van der Waals surface area contributed by atoms with Crippen molar-refractivity contribution in [2.75, 3.05) is 32.0 Å². The second kappa shape index (κ2) is 9.11. The van der Waals surface area contributed by atoms with Gasteiger partial charge in [0, 0.05) is 18.7 Å². The molecule has 0 radical (unpaired) electrons. The highest BCUT2D eigenvalue weighted by Crippen LogP contribution is 2.39. The lowest BCUT2D eigenvalue weighted by atomic mass is 10.1. The summed E-state index contributed by atoms with van der Waals surface area (Å²) in [6.45, 7) is 0.278. The Morgan fingerprint density at radius 3 is 2.59 bits per heavy atom. The van der Waals surface area contributed by atoms with Gasteiger partial charge in [-0.2, -0.15) is 5.10 Å². The van der Waals surface area contributed by atoms with Crippen LogP contribution < -0.4 is 20.1 Å². The number of benzene rings is 2. The maximum atomic E-state index is 12.8. The zero-order valence-electron chi connectivity index (χ0n) is 18.0. The number of ether oxygens (including phenoxy) is 3. The van der Waals surface area contributed by atoms with Crippen LogP contribution >= 0.6 is 0 Å². The molecule has 9 nitrogen and oxygen atoms in total. The number of fused-ring (bicyclic) bond motifs is 1. The molecule has 2 aromatic carbocycles. The molecular formula is C23H24N4O5. The molecule has 2 amide bonds. The van der Waals surface area contributed by atoms with Crippen LogP contribution in [0.2, 0.25) is 0 Å². The van der Waals surface area contributed by atoms with E-state index in [0.717, 1.165) is 11.1 Å². The van der Waals surface area contributed by atoms with Crippen molar-refractivity contribution in [1.29, 1.82) is 0 Å². The number of carbonyl (C=O) groups is 2. The van der Waals surface area contributed by atoms with Crippen molar-refractivity contribution >= 4 is 23.3 Å². The van der Waals surface area contributed by atoms with Gasteiger partial charge in [0.25, 0.3) is 5.91 Å². The summed E-state index contributed by atoms with van der Waals surface area (Å²) in [6, 6.07) is 13.9. The Bertz CT molecular complexity index is 1140. The highest BCUT2D eigenvalue weighted by atomic mass is 16.5. The molecule has 166 valence electrons. The second-order valence-corrected chi connectivity index (χ2v) is 7.24. The Labute approximate surface area is 185 Å². The van der Waals surface area contributed by atoms with Gasteiger partial charge in [-0.05, 0) is 17.7 Å². The Kier molecular flexibility index (Phi) is 6.09. The van der Waals surface area contributed by atoms with Crippen LogP contribution in [0.4, 0.5) is 11.5 Å². The zero-order chi connectivity index (χ0) is 22.7. The molecule has 4 rings (SSSR count). The van der Waals surface area contributed by atoms with E-state index in [4.69, 9.17) is 14.2 Å². The standard InChI is InChI=1S/C23H24N4O5/c1-30-13-17-21(14-7-5-4-6-8-14)22-25-23(29)18(27(22)26-17)12-20(28)24-16-11-15(31-2)9-10-19(16)32-3/h4-11,18H,12-13H2,1-3H3,(H,24,28)(H,25,29)/t18-/m1/s1. The number of rotatable bonds is 8. The van der Waals surface area contributed by atoms with E-state index in [1.807, 2.05) is 30.3 Å². The molecule has 0 saturated heterocycles. The number of carbonyl (C=O) groups excluding carboxylic acids is 2. The molecule has 1 atom stereocenters. The maximum absolute atomic E-state index is 12.8. The zero-order valence-corrected chi connectivity index (χ0v) is 18.0. The first-order valence-electron chi connectivity index (χ1n) is 10.0. The van der Waals surface area contributed by atoms with E-state index in [0.29, 0.717) is 28.7 Å². The minimum atomic E-state index is -0.783. The lowest BCUT2D eigenvalue weighted by Crippen LogP contribution is -2.24. The van der Waals surface area contributed by atoms with Gasteiger partial charge in [0.2, 0.25) is 5.91 Å². The van der Waals surface area contributed by atoms with Gasteiger partial charge in [-0.25, -0.2) is 4.68 Å². The first kappa shape index (κ1) is 21.4. The minimum absolute atomic E-state index is 0.0957. The van der Waals surface area contributed by atoms with E-state index in [2.05, 4.69) is 15.7 Å². The van der Waals surface area contributed by atoms with Gasteiger partial charge in [-0.1, -0.05) is 30.3 Å². The summed E-state index contributed by atoms with van der Waals surface area (Å²) in [6.07, 6.45) is -0.0957. The summed E-state index contributed by atoms with van der Waals surface area (Å²) in [4.78, 5) is 25.6. The lowest BCUT2D eigenvalue weighted by molar-refractivity contribution is -0.123. The average Bonchev–Trinajstić information content (AvgIpc) is 3.29. The molecule has 1 aliphatic heterocycles. The fraction of sp³-hybridized carbons (Fsp3) is 0.261. The molecule has 0 bridgehead atoms. The van der Waals surface area contributed by atoms with E-state index < -0.39 is 6.04 Å². The van der Waals surface area contributed by atoms with E-state index in [-0.39, 0.29) is 24.8 Å². The fourth-order valence-corrected chi connectivity index (χ4v) is 3.75. The number of anilines is 2. The summed E-state index contributed by atoms with van der Waals surface area (Å²) < 4.78 is 17.4. The van der Waals surface area contributed by atoms with E-state index in [1.165, 1.54) is 14.2 Å². The Morgan fingerprint density at radius 2 is 1.91 bits per heavy atom. The predicted molar refractivity (Wildman–Crippen MR) is 119 cm³/mol. The van der Waals surface area contributed by atoms with Crippen molar-refractivity contribution in [3.05, 3.63) is 54.2 Å². The molecule has 0 unspecified atom stereocenters. The quantitative estimate of drug-likeness (QED) is 0.562. The first-order chi connectivity index (χ1) is 15.5. The normalized spacial score (nSPS) is 14.6. The highest BCUT2D eigenvalue weighted by Gasteiger charge is 2.37. The van der Waals surface area contributed by atoms with Gasteiger partial charge < -0.3 is 24.8 Å². The van der Waals surface area contributed by atoms with E-state index in [9.17, 15) is 9.59 Å². The third-order valence-electron chi connectivity index (χ3n) is 5.23. The topological polar surface area (TPSA) is 104 Å². The molecule has 0 aliphatic carbocycles. The third-order valence-corrected chi connectivity index (χ3v) is 5.23. The van der Waals surface area contributed by atoms with Crippen LogP contribution in [0.15, 0.2) is 48.5 Å². The van der Waals surface area contributed by atoms with Gasteiger partial charge >= 0.3 is 0 Å². The molecule has 1 aromatic heterocycles. The summed E-state index contributed by atoms with van der Waals surface area (Å²) in [5.74, 6) is 0.982. The second-order valence-electron chi connectivity index (χ2n) is 7.24. The molecule has 0 saturated carbocycles. The highest BCUT2D eigenvalue weighted by molar-refractivity contribution is 6.04. The van der Waals surface area contributed by atoms with Crippen molar-refractivity contribution in [1.82, 2.24) is 9.78 Å². The number of hydrogen-bond acceptors (Lipinski definition) is 6. The summed E-state index contributed by atoms with van der Waals surface area (Å²) in [5, 5.41) is 10.3. The largest absolute Gasteiger partial charge is 0.497 e. The van der Waals surface area contributed by atoms with Gasteiger partial charge in [-0.15, -0.1) is 0 Å². The summed E-state index contributed by atoms with van der Waals surface area (Å²) >= 11 is 0. The number of hydrogen-bond donors (Lipinski definition) is 2. The predicted octanol–water partition coefficient (Wildman–Crippen LogP) is 3.24. The van der Waals surface area contributed by atoms with Crippen molar-refractivity contribution in [3.8, 4) is 22.6 Å². The van der Waals surface area contributed by atoms with Crippen LogP contribution in [-0.4, -0.2) is 42.9 Å². The third kappa shape index (κ3) is 4.02. The Hall–Kier alpha value is -3.85. The molecule has 2 heterocycles. The molecule has 2 N–H and O–H groups in total. The molecule has 1 aliphatic rings. The fourth-order valence-electron chi connectivity index (χ4n) is 3.75. The van der Waals surface area contributed by atoms with Crippen LogP contribution in [0.3, 0.4) is 0 Å². The van der Waals surface area contributed by atoms with E-state index in [1.54, 1.807) is 30.0 Å². The summed E-state index contributed by atoms with van der Waals surface area (Å²) in [5.41, 5.74) is 2.85. The number of nitrogens with one attached hydrogen (secondary N) is 2.